The van der Waals surface area contributed by atoms with Gasteiger partial charge in [0.2, 0.25) is 0 Å². The van der Waals surface area contributed by atoms with E-state index in [1.54, 1.807) is 4.68 Å². The molecule has 164 valence electrons. The molecule has 7 heteroatoms. The van der Waals surface area contributed by atoms with Crippen molar-refractivity contribution in [2.45, 2.75) is 76.6 Å². The Hall–Kier alpha value is -1.86. The number of benzene rings is 1. The van der Waals surface area contributed by atoms with Crippen molar-refractivity contribution in [2.24, 2.45) is 5.92 Å². The van der Waals surface area contributed by atoms with Crippen LogP contribution < -0.4 is 0 Å². The molecule has 3 heterocycles. The molecule has 2 bridgehead atoms. The Labute approximate surface area is 177 Å². The van der Waals surface area contributed by atoms with Crippen molar-refractivity contribution in [1.29, 1.82) is 0 Å². The minimum atomic E-state index is -1.52. The van der Waals surface area contributed by atoms with Crippen molar-refractivity contribution >= 4 is 0 Å². The molecule has 0 radical (unpaired) electrons. The summed E-state index contributed by atoms with van der Waals surface area (Å²) in [7, 11) is 0. The number of fused-ring (bicyclic) bond motifs is 2. The Morgan fingerprint density at radius 1 is 1.27 bits per heavy atom. The van der Waals surface area contributed by atoms with Crippen molar-refractivity contribution < 1.29 is 18.4 Å². The van der Waals surface area contributed by atoms with Gasteiger partial charge in [-0.3, -0.25) is 0 Å². The highest BCUT2D eigenvalue weighted by atomic mass is 19.1. The van der Waals surface area contributed by atoms with Gasteiger partial charge in [-0.25, -0.2) is 18.4 Å². The standard InChI is InChI=1S/C23H33F2N4O/c1-3-4-5-6-22-18-9-11-29(22,12-10-18)17(2)23(30,14-28-16-26-15-27-28)20-8-7-19(24)13-21(20)25/h7-8,13,15-18,22,30H,3-6,9-12,14H2,1-2H3/q+1. The first-order valence-electron chi connectivity index (χ1n) is 11.3. The van der Waals surface area contributed by atoms with Crippen LogP contribution in [-0.4, -0.2) is 49.5 Å². The van der Waals surface area contributed by atoms with Gasteiger partial charge < -0.3 is 9.59 Å². The molecule has 4 rings (SSSR count). The topological polar surface area (TPSA) is 50.9 Å². The third-order valence-corrected chi connectivity index (χ3v) is 7.87. The SMILES string of the molecule is CCCCCC1C2CC[N+]1(C(C)C(O)(Cn1cncn1)c1ccc(F)cc1F)CC2. The molecule has 2 fully saturated rings. The molecule has 2 aromatic rings. The third-order valence-electron chi connectivity index (χ3n) is 7.87. The number of unbranched alkanes of at least 4 members (excludes halogenated alkanes) is 2. The fraction of sp³-hybridized carbons (Fsp3) is 0.652. The summed E-state index contributed by atoms with van der Waals surface area (Å²) < 4.78 is 31.0. The Balaban J connectivity index is 1.72. The molecule has 0 amide bonds. The molecule has 0 saturated carbocycles. The van der Waals surface area contributed by atoms with Gasteiger partial charge in [-0.2, -0.15) is 5.10 Å². The van der Waals surface area contributed by atoms with Crippen LogP contribution in [0.4, 0.5) is 8.78 Å². The van der Waals surface area contributed by atoms with Crippen molar-refractivity contribution in [3.63, 3.8) is 0 Å². The maximum Gasteiger partial charge on any atom is 0.163 e. The van der Waals surface area contributed by atoms with Crippen LogP contribution in [0.2, 0.25) is 0 Å². The lowest BCUT2D eigenvalue weighted by Crippen LogP contribution is -2.64. The predicted molar refractivity (Wildman–Crippen MR) is 110 cm³/mol. The lowest BCUT2D eigenvalue weighted by atomic mass is 9.83. The minimum Gasteiger partial charge on any atom is -0.377 e. The van der Waals surface area contributed by atoms with Crippen LogP contribution in [-0.2, 0) is 12.1 Å². The first kappa shape index (κ1) is 21.4. The van der Waals surface area contributed by atoms with Crippen LogP contribution in [0.15, 0.2) is 30.9 Å². The summed E-state index contributed by atoms with van der Waals surface area (Å²) in [5.74, 6) is -0.669. The van der Waals surface area contributed by atoms with Gasteiger partial charge in [-0.15, -0.1) is 0 Å². The molecule has 1 aromatic carbocycles. The highest BCUT2D eigenvalue weighted by Gasteiger charge is 2.61. The van der Waals surface area contributed by atoms with Gasteiger partial charge in [0, 0.05) is 30.4 Å². The van der Waals surface area contributed by atoms with E-state index in [-0.39, 0.29) is 18.2 Å². The van der Waals surface area contributed by atoms with E-state index in [0.717, 1.165) is 42.9 Å². The van der Waals surface area contributed by atoms with Gasteiger partial charge >= 0.3 is 0 Å². The quantitative estimate of drug-likeness (QED) is 0.493. The summed E-state index contributed by atoms with van der Waals surface area (Å²) in [6, 6.07) is 3.74. The molecule has 2 aliphatic heterocycles. The fourth-order valence-electron chi connectivity index (χ4n) is 6.25. The van der Waals surface area contributed by atoms with E-state index in [4.69, 9.17) is 0 Å². The first-order valence-corrected chi connectivity index (χ1v) is 11.3. The molecule has 3 atom stereocenters. The fourth-order valence-corrected chi connectivity index (χ4v) is 6.25. The van der Waals surface area contributed by atoms with E-state index in [0.29, 0.717) is 12.0 Å². The number of quaternary nitrogens is 1. The molecule has 5 nitrogen and oxygen atoms in total. The van der Waals surface area contributed by atoms with E-state index in [1.165, 1.54) is 44.0 Å². The monoisotopic (exact) mass is 419 g/mol. The molecule has 30 heavy (non-hydrogen) atoms. The summed E-state index contributed by atoms with van der Waals surface area (Å²) in [6.45, 7) is 6.35. The predicted octanol–water partition coefficient (Wildman–Crippen LogP) is 4.02. The molecular weight excluding hydrogens is 386 g/mol. The Bertz CT molecular complexity index is 851. The maximum absolute atomic E-state index is 15.0. The molecule has 1 N–H and O–H groups in total. The largest absolute Gasteiger partial charge is 0.377 e. The summed E-state index contributed by atoms with van der Waals surface area (Å²) in [5.41, 5.74) is -1.38. The van der Waals surface area contributed by atoms with Gasteiger partial charge in [-0.1, -0.05) is 19.8 Å². The van der Waals surface area contributed by atoms with Gasteiger partial charge in [0.25, 0.3) is 0 Å². The zero-order valence-electron chi connectivity index (χ0n) is 18.0. The van der Waals surface area contributed by atoms with E-state index in [2.05, 4.69) is 17.0 Å². The maximum atomic E-state index is 15.0. The molecule has 0 spiro atoms. The van der Waals surface area contributed by atoms with Crippen LogP contribution in [0.3, 0.4) is 0 Å². The smallest absolute Gasteiger partial charge is 0.163 e. The average molecular weight is 420 g/mol. The zero-order chi connectivity index (χ0) is 21.4. The van der Waals surface area contributed by atoms with Crippen LogP contribution in [0.5, 0.6) is 0 Å². The normalized spacial score (nSPS) is 28.6. The highest BCUT2D eigenvalue weighted by molar-refractivity contribution is 5.26. The van der Waals surface area contributed by atoms with Crippen molar-refractivity contribution in [3.8, 4) is 0 Å². The number of piperidine rings is 1. The van der Waals surface area contributed by atoms with Gasteiger partial charge in [0.1, 0.15) is 30.3 Å². The van der Waals surface area contributed by atoms with Crippen LogP contribution in [0, 0.1) is 17.6 Å². The number of rotatable bonds is 9. The third kappa shape index (κ3) is 3.56. The van der Waals surface area contributed by atoms with Crippen molar-refractivity contribution in [1.82, 2.24) is 14.8 Å². The zero-order valence-corrected chi connectivity index (χ0v) is 18.0. The summed E-state index contributed by atoms with van der Waals surface area (Å²) >= 11 is 0. The molecule has 0 aliphatic carbocycles. The lowest BCUT2D eigenvalue weighted by molar-refractivity contribution is -0.960. The lowest BCUT2D eigenvalue weighted by Gasteiger charge is -2.49. The van der Waals surface area contributed by atoms with Crippen LogP contribution >= 0.6 is 0 Å². The number of aromatic nitrogens is 3. The van der Waals surface area contributed by atoms with Gasteiger partial charge in [0.05, 0.1) is 25.7 Å². The van der Waals surface area contributed by atoms with Gasteiger partial charge in [0.15, 0.2) is 5.60 Å². The molecule has 2 aliphatic rings. The molecule has 1 aromatic heterocycles. The molecular formula is C23H33F2N4O+. The number of aliphatic hydroxyl groups is 1. The van der Waals surface area contributed by atoms with Crippen LogP contribution in [0.25, 0.3) is 0 Å². The number of hydrogen-bond donors (Lipinski definition) is 1. The van der Waals surface area contributed by atoms with E-state index in [1.807, 2.05) is 6.92 Å². The first-order chi connectivity index (χ1) is 14.4. The number of halogens is 2. The molecule has 3 unspecified atom stereocenters. The van der Waals surface area contributed by atoms with E-state index >= 15 is 0 Å². The molecule has 2 saturated heterocycles. The summed E-state index contributed by atoms with van der Waals surface area (Å²) in [6.07, 6.45) is 10.0. The Kier molecular flexibility index (Phi) is 5.95. The second kappa shape index (κ2) is 8.35. The summed E-state index contributed by atoms with van der Waals surface area (Å²) in [4.78, 5) is 3.99. The Morgan fingerprint density at radius 3 is 2.67 bits per heavy atom. The average Bonchev–Trinajstić information content (AvgIpc) is 3.44. The minimum absolute atomic E-state index is 0.0864. The van der Waals surface area contributed by atoms with Crippen molar-refractivity contribution in [2.75, 3.05) is 13.1 Å². The van der Waals surface area contributed by atoms with Crippen molar-refractivity contribution in [3.05, 3.63) is 48.1 Å². The van der Waals surface area contributed by atoms with Gasteiger partial charge in [-0.05, 0) is 31.9 Å². The number of nitrogens with zero attached hydrogens (tertiary/aromatic N) is 4. The second-order valence-corrected chi connectivity index (χ2v) is 9.27. The summed E-state index contributed by atoms with van der Waals surface area (Å²) in [5, 5.41) is 16.3. The van der Waals surface area contributed by atoms with E-state index < -0.39 is 17.2 Å². The highest BCUT2D eigenvalue weighted by Crippen LogP contribution is 2.50. The van der Waals surface area contributed by atoms with Crippen LogP contribution in [0.1, 0.15) is 57.9 Å². The Morgan fingerprint density at radius 2 is 2.03 bits per heavy atom. The van der Waals surface area contributed by atoms with E-state index in [9.17, 15) is 13.9 Å². The number of hydrogen-bond acceptors (Lipinski definition) is 3. The second-order valence-electron chi connectivity index (χ2n) is 9.27.